The molecule has 1 N–H and O–H groups in total. The summed E-state index contributed by atoms with van der Waals surface area (Å²) >= 11 is 6.43. The topological polar surface area (TPSA) is 95.0 Å². The van der Waals surface area contributed by atoms with Gasteiger partial charge in [0.1, 0.15) is 5.75 Å². The van der Waals surface area contributed by atoms with Crippen molar-refractivity contribution < 1.29 is 24.3 Å². The van der Waals surface area contributed by atoms with Crippen molar-refractivity contribution >= 4 is 63.5 Å². The van der Waals surface area contributed by atoms with Crippen molar-refractivity contribution in [3.8, 4) is 5.75 Å². The van der Waals surface area contributed by atoms with E-state index in [0.29, 0.717) is 27.5 Å². The lowest BCUT2D eigenvalue weighted by Crippen LogP contribution is -2.53. The maximum absolute atomic E-state index is 15.5. The Kier molecular flexibility index (Phi) is 7.35. The van der Waals surface area contributed by atoms with Gasteiger partial charge in [0, 0.05) is 16.5 Å². The average molecular weight is 705 g/mol. The standard InChI is InChI=1S/C44H33ClN2O5/c1-2-25-15-18-29(19-16-25)46-40(49)33-21-20-32-34(37(33)42(46)51)24-35-41(50)47(30-13-8-12-28(45)23-30)43(52)44(35,27-10-4-3-5-11-27)39(32)38-31-14-7-6-9-26(31)17-22-36(38)48/h2-20,22-23,33-35,37,39,48H,1,21,24H2/t33-,34+,35-,37-,39+,44+/m0/s1. The molecule has 52 heavy (non-hydrogen) atoms. The van der Waals surface area contributed by atoms with Gasteiger partial charge in [0.15, 0.2) is 0 Å². The first kappa shape index (κ1) is 32.1. The Bertz CT molecular complexity index is 2390. The number of halogens is 1. The molecule has 0 spiro atoms. The molecule has 5 aromatic rings. The SMILES string of the molecule is C=Cc1ccc(N2C(=O)[C@H]3[C@H](CC=C4[C@H]3C[C@H]3C(=O)N(c5cccc(Cl)c5)C(=O)[C@@]3(c3ccccc3)[C@H]4c3c(O)ccc4ccccc34)C2=O)cc1. The Morgan fingerprint density at radius 1 is 0.750 bits per heavy atom. The van der Waals surface area contributed by atoms with Crippen molar-refractivity contribution in [1.82, 2.24) is 0 Å². The summed E-state index contributed by atoms with van der Waals surface area (Å²) in [6, 6.07) is 34.3. The number of aromatic hydroxyl groups is 1. The molecule has 0 unspecified atom stereocenters. The zero-order chi connectivity index (χ0) is 35.9. The number of amides is 4. The number of nitrogens with zero attached hydrogens (tertiary/aromatic N) is 2. The van der Waals surface area contributed by atoms with Gasteiger partial charge in [0.2, 0.25) is 23.6 Å². The van der Waals surface area contributed by atoms with Crippen LogP contribution >= 0.6 is 11.6 Å². The van der Waals surface area contributed by atoms with Crippen molar-refractivity contribution in [2.75, 3.05) is 9.80 Å². The fourth-order valence-corrected chi connectivity index (χ4v) is 9.84. The van der Waals surface area contributed by atoms with Crippen LogP contribution in [0.5, 0.6) is 5.75 Å². The molecule has 3 fully saturated rings. The number of anilines is 2. The summed E-state index contributed by atoms with van der Waals surface area (Å²) in [5.74, 6) is -5.20. The summed E-state index contributed by atoms with van der Waals surface area (Å²) in [5, 5.41) is 13.9. The molecule has 2 aliphatic heterocycles. The normalized spacial score (nSPS) is 26.6. The number of phenols is 1. The molecular weight excluding hydrogens is 672 g/mol. The zero-order valence-corrected chi connectivity index (χ0v) is 28.7. The molecule has 9 rings (SSSR count). The van der Waals surface area contributed by atoms with Crippen molar-refractivity contribution in [2.24, 2.45) is 23.7 Å². The Morgan fingerprint density at radius 3 is 2.25 bits per heavy atom. The Hall–Kier alpha value is -5.79. The highest BCUT2D eigenvalue weighted by atomic mass is 35.5. The molecule has 2 heterocycles. The molecule has 5 aromatic carbocycles. The molecule has 256 valence electrons. The predicted octanol–water partition coefficient (Wildman–Crippen LogP) is 8.21. The molecule has 4 aliphatic rings. The number of imide groups is 2. The Labute approximate surface area is 305 Å². The minimum Gasteiger partial charge on any atom is -0.508 e. The summed E-state index contributed by atoms with van der Waals surface area (Å²) < 4.78 is 0. The van der Waals surface area contributed by atoms with E-state index < -0.39 is 46.8 Å². The smallest absolute Gasteiger partial charge is 0.246 e. The highest BCUT2D eigenvalue weighted by Crippen LogP contribution is 2.66. The van der Waals surface area contributed by atoms with Gasteiger partial charge in [0.25, 0.3) is 0 Å². The van der Waals surface area contributed by atoms with Gasteiger partial charge in [-0.1, -0.05) is 115 Å². The van der Waals surface area contributed by atoms with Gasteiger partial charge in [-0.3, -0.25) is 24.1 Å². The quantitative estimate of drug-likeness (QED) is 0.147. The number of carbonyl (C=O) groups is 4. The zero-order valence-electron chi connectivity index (χ0n) is 28.0. The number of hydrogen-bond acceptors (Lipinski definition) is 5. The van der Waals surface area contributed by atoms with E-state index in [4.69, 9.17) is 11.6 Å². The third kappa shape index (κ3) is 4.38. The van der Waals surface area contributed by atoms with Crippen LogP contribution in [0.15, 0.2) is 133 Å². The Balaban J connectivity index is 1.30. The van der Waals surface area contributed by atoms with E-state index in [1.807, 2.05) is 78.9 Å². The minimum atomic E-state index is -1.50. The van der Waals surface area contributed by atoms with Gasteiger partial charge in [-0.25, -0.2) is 4.90 Å². The molecule has 2 saturated heterocycles. The summed E-state index contributed by atoms with van der Waals surface area (Å²) in [7, 11) is 0. The van der Waals surface area contributed by atoms with Crippen LogP contribution in [0.3, 0.4) is 0 Å². The molecule has 8 heteroatoms. The number of carbonyl (C=O) groups excluding carboxylic acids is 4. The molecule has 0 radical (unpaired) electrons. The second-order valence-corrected chi connectivity index (χ2v) is 14.6. The van der Waals surface area contributed by atoms with Gasteiger partial charge >= 0.3 is 0 Å². The van der Waals surface area contributed by atoms with E-state index in [1.165, 1.54) is 9.80 Å². The van der Waals surface area contributed by atoms with Crippen molar-refractivity contribution in [2.45, 2.75) is 24.2 Å². The fraction of sp³-hybridized carbons (Fsp3) is 0.182. The van der Waals surface area contributed by atoms with E-state index in [2.05, 4.69) is 6.58 Å². The monoisotopic (exact) mass is 704 g/mol. The maximum Gasteiger partial charge on any atom is 0.246 e. The number of fused-ring (bicyclic) bond motifs is 5. The van der Waals surface area contributed by atoms with Crippen LogP contribution in [0, 0.1) is 23.7 Å². The highest BCUT2D eigenvalue weighted by Gasteiger charge is 2.70. The van der Waals surface area contributed by atoms with Gasteiger partial charge in [-0.05, 0) is 77.1 Å². The molecular formula is C44H33ClN2O5. The number of allylic oxidation sites excluding steroid dienone is 2. The van der Waals surface area contributed by atoms with Gasteiger partial charge in [0.05, 0.1) is 34.5 Å². The third-order valence-electron chi connectivity index (χ3n) is 11.8. The van der Waals surface area contributed by atoms with E-state index in [1.54, 1.807) is 48.5 Å². The summed E-state index contributed by atoms with van der Waals surface area (Å²) in [5.41, 5.74) is 2.14. The predicted molar refractivity (Wildman–Crippen MR) is 201 cm³/mol. The van der Waals surface area contributed by atoms with E-state index >= 15 is 9.59 Å². The summed E-state index contributed by atoms with van der Waals surface area (Å²) in [6.45, 7) is 3.81. The van der Waals surface area contributed by atoms with Crippen LogP contribution in [0.25, 0.3) is 16.8 Å². The fourth-order valence-electron chi connectivity index (χ4n) is 9.66. The molecule has 2 aliphatic carbocycles. The third-order valence-corrected chi connectivity index (χ3v) is 12.0. The first-order valence-electron chi connectivity index (χ1n) is 17.5. The van der Waals surface area contributed by atoms with Crippen LogP contribution in [0.1, 0.15) is 35.4 Å². The second kappa shape index (κ2) is 11.9. The van der Waals surface area contributed by atoms with E-state index in [0.717, 1.165) is 21.9 Å². The van der Waals surface area contributed by atoms with Crippen LogP contribution in [0.4, 0.5) is 11.4 Å². The lowest BCUT2D eigenvalue weighted by Gasteiger charge is -2.51. The molecule has 4 amide bonds. The summed E-state index contributed by atoms with van der Waals surface area (Å²) in [4.78, 5) is 61.9. The second-order valence-electron chi connectivity index (χ2n) is 14.1. The lowest BCUT2D eigenvalue weighted by molar-refractivity contribution is -0.127. The largest absolute Gasteiger partial charge is 0.508 e. The van der Waals surface area contributed by atoms with Crippen molar-refractivity contribution in [3.63, 3.8) is 0 Å². The molecule has 0 aromatic heterocycles. The number of hydrogen-bond donors (Lipinski definition) is 1. The molecule has 0 bridgehead atoms. The van der Waals surface area contributed by atoms with Crippen molar-refractivity contribution in [1.29, 1.82) is 0 Å². The lowest BCUT2D eigenvalue weighted by atomic mass is 9.48. The van der Waals surface area contributed by atoms with Gasteiger partial charge in [-0.15, -0.1) is 0 Å². The van der Waals surface area contributed by atoms with E-state index in [9.17, 15) is 14.7 Å². The van der Waals surface area contributed by atoms with Gasteiger partial charge < -0.3 is 5.11 Å². The molecule has 1 saturated carbocycles. The molecule has 6 atom stereocenters. The van der Waals surface area contributed by atoms with Crippen LogP contribution in [-0.2, 0) is 24.6 Å². The average Bonchev–Trinajstić information content (AvgIpc) is 3.56. The maximum atomic E-state index is 15.5. The minimum absolute atomic E-state index is 0.0133. The van der Waals surface area contributed by atoms with E-state index in [-0.39, 0.29) is 30.4 Å². The number of phenolic OH excluding ortho intramolecular Hbond substituents is 1. The van der Waals surface area contributed by atoms with Crippen LogP contribution in [0.2, 0.25) is 5.02 Å². The molecule has 7 nitrogen and oxygen atoms in total. The first-order chi connectivity index (χ1) is 25.2. The Morgan fingerprint density at radius 2 is 1.50 bits per heavy atom. The number of rotatable bonds is 5. The van der Waals surface area contributed by atoms with Gasteiger partial charge in [-0.2, -0.15) is 0 Å². The highest BCUT2D eigenvalue weighted by molar-refractivity contribution is 6.32. The summed E-state index contributed by atoms with van der Waals surface area (Å²) in [6.07, 6.45) is 4.14. The van der Waals surface area contributed by atoms with Crippen LogP contribution in [-0.4, -0.2) is 28.7 Å². The van der Waals surface area contributed by atoms with Crippen LogP contribution < -0.4 is 9.80 Å². The number of benzene rings is 5. The first-order valence-corrected chi connectivity index (χ1v) is 17.8. The van der Waals surface area contributed by atoms with Crippen molar-refractivity contribution in [3.05, 3.63) is 155 Å².